The first-order valence-corrected chi connectivity index (χ1v) is 12.2. The summed E-state index contributed by atoms with van der Waals surface area (Å²) in [5, 5.41) is 16.4. The van der Waals surface area contributed by atoms with Gasteiger partial charge in [0, 0.05) is 16.9 Å². The zero-order valence-corrected chi connectivity index (χ0v) is 20.0. The number of benzene rings is 3. The lowest BCUT2D eigenvalue weighted by Crippen LogP contribution is -2.32. The SMILES string of the molecule is [2H]COc1ccccc1C[C@H](Nc1ncnc2sc(CC)c(-c3cccc4ccccc34)c12)C(=O)O. The summed E-state index contributed by atoms with van der Waals surface area (Å²) in [5.41, 5.74) is 2.83. The molecule has 1 atom stereocenters. The maximum Gasteiger partial charge on any atom is 0.326 e. The fourth-order valence-electron chi connectivity index (χ4n) is 4.46. The number of carboxylic acid groups (broad SMARTS) is 1. The van der Waals surface area contributed by atoms with E-state index in [1.54, 1.807) is 23.5 Å². The van der Waals surface area contributed by atoms with Crippen molar-refractivity contribution in [2.24, 2.45) is 0 Å². The summed E-state index contributed by atoms with van der Waals surface area (Å²) in [6, 6.07) is 20.7. The van der Waals surface area contributed by atoms with Crippen molar-refractivity contribution in [3.05, 3.63) is 83.5 Å². The molecule has 0 aliphatic rings. The van der Waals surface area contributed by atoms with Crippen molar-refractivity contribution < 1.29 is 16.0 Å². The molecule has 3 aromatic carbocycles. The summed E-state index contributed by atoms with van der Waals surface area (Å²) >= 11 is 1.61. The smallest absolute Gasteiger partial charge is 0.326 e. The predicted molar refractivity (Wildman–Crippen MR) is 141 cm³/mol. The number of hydrogen-bond acceptors (Lipinski definition) is 6. The Morgan fingerprint density at radius 1 is 1.11 bits per heavy atom. The van der Waals surface area contributed by atoms with Gasteiger partial charge in [-0.3, -0.25) is 0 Å². The van der Waals surface area contributed by atoms with E-state index >= 15 is 0 Å². The first-order chi connectivity index (χ1) is 17.6. The number of carboxylic acids is 1. The lowest BCUT2D eigenvalue weighted by Gasteiger charge is -2.18. The number of aromatic nitrogens is 2. The number of aryl methyl sites for hydroxylation is 1. The highest BCUT2D eigenvalue weighted by Gasteiger charge is 2.24. The van der Waals surface area contributed by atoms with E-state index in [1.165, 1.54) is 11.2 Å². The maximum atomic E-state index is 12.3. The number of fused-ring (bicyclic) bond motifs is 2. The van der Waals surface area contributed by atoms with Crippen molar-refractivity contribution in [2.45, 2.75) is 25.8 Å². The van der Waals surface area contributed by atoms with E-state index in [9.17, 15) is 9.90 Å². The molecule has 2 N–H and O–H groups in total. The molecule has 6 nitrogen and oxygen atoms in total. The van der Waals surface area contributed by atoms with Gasteiger partial charge in [0.05, 0.1) is 13.8 Å². The van der Waals surface area contributed by atoms with Crippen LogP contribution >= 0.6 is 11.3 Å². The lowest BCUT2D eigenvalue weighted by atomic mass is 9.96. The van der Waals surface area contributed by atoms with Gasteiger partial charge in [-0.1, -0.05) is 67.6 Å². The molecule has 7 heteroatoms. The second-order valence-electron chi connectivity index (χ2n) is 8.17. The molecule has 0 saturated heterocycles. The molecular weight excluding hydrogens is 458 g/mol. The Kier molecular flexibility index (Phi) is 5.99. The highest BCUT2D eigenvalue weighted by molar-refractivity contribution is 7.19. The van der Waals surface area contributed by atoms with E-state index in [4.69, 9.17) is 6.11 Å². The maximum absolute atomic E-state index is 12.3. The number of thiophene rings is 1. The molecular formula is C28H25N3O3S. The Morgan fingerprint density at radius 2 is 1.91 bits per heavy atom. The van der Waals surface area contributed by atoms with Crippen molar-refractivity contribution in [1.82, 2.24) is 9.97 Å². The Labute approximate surface area is 208 Å². The van der Waals surface area contributed by atoms with Gasteiger partial charge in [-0.2, -0.15) is 0 Å². The van der Waals surface area contributed by atoms with Crippen LogP contribution in [-0.4, -0.2) is 34.2 Å². The average molecular weight is 485 g/mol. The van der Waals surface area contributed by atoms with Crippen LogP contribution in [0.2, 0.25) is 0 Å². The van der Waals surface area contributed by atoms with Gasteiger partial charge in [-0.25, -0.2) is 14.8 Å². The molecule has 0 unspecified atom stereocenters. The largest absolute Gasteiger partial charge is 0.496 e. The highest BCUT2D eigenvalue weighted by Crippen LogP contribution is 2.43. The van der Waals surface area contributed by atoms with Gasteiger partial charge in [0.2, 0.25) is 0 Å². The zero-order chi connectivity index (χ0) is 25.1. The van der Waals surface area contributed by atoms with E-state index in [-0.39, 0.29) is 13.5 Å². The summed E-state index contributed by atoms with van der Waals surface area (Å²) in [6.07, 6.45) is 2.47. The minimum absolute atomic E-state index is 0.172. The number of methoxy groups -OCH3 is 1. The van der Waals surface area contributed by atoms with Crippen LogP contribution < -0.4 is 10.1 Å². The molecule has 2 aromatic heterocycles. The lowest BCUT2D eigenvalue weighted by molar-refractivity contribution is -0.137. The van der Waals surface area contributed by atoms with Gasteiger partial charge in [-0.15, -0.1) is 11.3 Å². The molecule has 0 bridgehead atoms. The Hall–Kier alpha value is -3.97. The van der Waals surface area contributed by atoms with E-state index < -0.39 is 12.0 Å². The van der Waals surface area contributed by atoms with Crippen molar-refractivity contribution in [2.75, 3.05) is 12.4 Å². The van der Waals surface area contributed by atoms with Crippen LogP contribution in [-0.2, 0) is 17.6 Å². The third-order valence-electron chi connectivity index (χ3n) is 6.10. The number of rotatable bonds is 8. The van der Waals surface area contributed by atoms with Crippen molar-refractivity contribution in [1.29, 1.82) is 0 Å². The van der Waals surface area contributed by atoms with Crippen LogP contribution in [0.15, 0.2) is 73.1 Å². The minimum Gasteiger partial charge on any atom is -0.496 e. The van der Waals surface area contributed by atoms with Crippen LogP contribution in [0.1, 0.15) is 18.7 Å². The Morgan fingerprint density at radius 3 is 2.74 bits per heavy atom. The third kappa shape index (κ3) is 4.31. The standard InChI is InChI=1S/C28H25N3O3S/c1-3-23-24(20-13-8-11-17-9-4-6-12-19(17)20)25-26(29-16-30-27(25)35-23)31-21(28(32)33)15-18-10-5-7-14-22(18)34-2/h4-14,16,21H,3,15H2,1-2H3,(H,32,33)(H,29,30,31)/t21-/m0/s1/i2D. The molecule has 5 rings (SSSR count). The number of aliphatic carboxylic acids is 1. The molecule has 176 valence electrons. The number of carbonyl (C=O) groups is 1. The predicted octanol–water partition coefficient (Wildman–Crippen LogP) is 6.19. The number of nitrogens with one attached hydrogen (secondary N) is 1. The average Bonchev–Trinajstić information content (AvgIpc) is 3.28. The van der Waals surface area contributed by atoms with Crippen LogP contribution in [0, 0.1) is 0 Å². The number of anilines is 1. The second-order valence-corrected chi connectivity index (χ2v) is 9.26. The van der Waals surface area contributed by atoms with E-state index in [2.05, 4.69) is 46.5 Å². The highest BCUT2D eigenvalue weighted by atomic mass is 32.1. The van der Waals surface area contributed by atoms with Crippen molar-refractivity contribution in [3.8, 4) is 16.9 Å². The normalized spacial score (nSPS) is 12.4. The van der Waals surface area contributed by atoms with E-state index in [0.717, 1.165) is 38.5 Å². The first-order valence-electron chi connectivity index (χ1n) is 12.0. The fourth-order valence-corrected chi connectivity index (χ4v) is 5.56. The molecule has 0 amide bonds. The molecule has 0 aliphatic heterocycles. The van der Waals surface area contributed by atoms with Crippen LogP contribution in [0.5, 0.6) is 5.75 Å². The molecule has 0 spiro atoms. The Bertz CT molecular complexity index is 1550. The topological polar surface area (TPSA) is 84.3 Å². The summed E-state index contributed by atoms with van der Waals surface area (Å²) in [6.45, 7) is 2.11. The summed E-state index contributed by atoms with van der Waals surface area (Å²) in [7, 11) is -0.238. The van der Waals surface area contributed by atoms with Gasteiger partial charge in [0.1, 0.15) is 28.8 Å². The monoisotopic (exact) mass is 484 g/mol. The molecule has 35 heavy (non-hydrogen) atoms. The van der Waals surface area contributed by atoms with Crippen molar-refractivity contribution in [3.63, 3.8) is 0 Å². The second kappa shape index (κ2) is 9.72. The fraction of sp³-hybridized carbons (Fsp3) is 0.179. The van der Waals surface area contributed by atoms with Crippen LogP contribution in [0.3, 0.4) is 0 Å². The summed E-state index contributed by atoms with van der Waals surface area (Å²) < 4.78 is 12.8. The molecule has 5 aromatic rings. The first kappa shape index (κ1) is 21.6. The van der Waals surface area contributed by atoms with Gasteiger partial charge in [0.25, 0.3) is 0 Å². The molecule has 0 aliphatic carbocycles. The molecule has 2 heterocycles. The third-order valence-corrected chi connectivity index (χ3v) is 7.34. The van der Waals surface area contributed by atoms with Gasteiger partial charge in [0.15, 0.2) is 0 Å². The Balaban J connectivity index is 1.63. The van der Waals surface area contributed by atoms with E-state index in [0.29, 0.717) is 17.1 Å². The number of para-hydroxylation sites is 1. The number of hydrogen-bond donors (Lipinski definition) is 2. The molecule has 0 radical (unpaired) electrons. The van der Waals surface area contributed by atoms with Gasteiger partial charge < -0.3 is 15.2 Å². The van der Waals surface area contributed by atoms with Crippen molar-refractivity contribution >= 4 is 44.1 Å². The molecule has 0 fully saturated rings. The number of nitrogens with zero attached hydrogens (tertiary/aromatic N) is 2. The quantitative estimate of drug-likeness (QED) is 0.273. The summed E-state index contributed by atoms with van der Waals surface area (Å²) in [4.78, 5) is 23.3. The van der Waals surface area contributed by atoms with Gasteiger partial charge in [-0.05, 0) is 34.4 Å². The van der Waals surface area contributed by atoms with E-state index in [1.807, 2.05) is 30.3 Å². The van der Waals surface area contributed by atoms with Gasteiger partial charge >= 0.3 is 5.97 Å². The number of ether oxygens (including phenoxy) is 1. The zero-order valence-electron chi connectivity index (χ0n) is 20.2. The van der Waals surface area contributed by atoms with Crippen LogP contribution in [0.25, 0.3) is 32.1 Å². The summed E-state index contributed by atoms with van der Waals surface area (Å²) in [5.74, 6) is -0.00102. The molecule has 0 saturated carbocycles. The minimum atomic E-state index is -1.000. The van der Waals surface area contributed by atoms with Crippen LogP contribution in [0.4, 0.5) is 5.82 Å².